The standard InChI is InChI=1S/C27H30N6O4S/c1-38(34,35)33-14-12-32(13-15-33)23-5-3-22(4-6-23)30-26-8-11-29-27(31-26)20-2-7-25(21(18-20)19-28)37-24-9-16-36-17-10-24/h2-8,11,18,24H,9-10,12-17H2,1H3,(H,29,30,31). The maximum absolute atomic E-state index is 11.7. The Labute approximate surface area is 222 Å². The molecule has 0 unspecified atom stereocenters. The minimum Gasteiger partial charge on any atom is -0.489 e. The Morgan fingerprint density at radius 1 is 1.05 bits per heavy atom. The summed E-state index contributed by atoms with van der Waals surface area (Å²) in [6.45, 7) is 3.61. The van der Waals surface area contributed by atoms with Crippen LogP contribution < -0.4 is 15.0 Å². The summed E-state index contributed by atoms with van der Waals surface area (Å²) < 4.78 is 36.4. The van der Waals surface area contributed by atoms with Crippen LogP contribution in [0.4, 0.5) is 17.2 Å². The van der Waals surface area contributed by atoms with E-state index in [1.807, 2.05) is 30.3 Å². The summed E-state index contributed by atoms with van der Waals surface area (Å²) in [5, 5.41) is 13.0. The topological polar surface area (TPSA) is 121 Å². The fraction of sp³-hybridized carbons (Fsp3) is 0.370. The van der Waals surface area contributed by atoms with Crippen molar-refractivity contribution in [3.05, 3.63) is 60.3 Å². The van der Waals surface area contributed by atoms with E-state index >= 15 is 0 Å². The van der Waals surface area contributed by atoms with Gasteiger partial charge in [-0.1, -0.05) is 0 Å². The van der Waals surface area contributed by atoms with Crippen molar-refractivity contribution in [3.63, 3.8) is 0 Å². The van der Waals surface area contributed by atoms with Gasteiger partial charge in [-0.15, -0.1) is 0 Å². The highest BCUT2D eigenvalue weighted by Crippen LogP contribution is 2.28. The quantitative estimate of drug-likeness (QED) is 0.486. The van der Waals surface area contributed by atoms with Crippen LogP contribution in [0.3, 0.4) is 0 Å². The molecule has 0 radical (unpaired) electrons. The van der Waals surface area contributed by atoms with Crippen molar-refractivity contribution in [3.8, 4) is 23.2 Å². The third-order valence-corrected chi connectivity index (χ3v) is 7.99. The number of piperazine rings is 1. The van der Waals surface area contributed by atoms with E-state index in [1.165, 1.54) is 10.6 Å². The van der Waals surface area contributed by atoms with E-state index in [1.54, 1.807) is 24.4 Å². The minimum atomic E-state index is -3.15. The Bertz CT molecular complexity index is 1410. The van der Waals surface area contributed by atoms with Gasteiger partial charge in [0.1, 0.15) is 23.7 Å². The Hall–Kier alpha value is -3.72. The number of nitriles is 1. The van der Waals surface area contributed by atoms with Crippen LogP contribution in [-0.4, -0.2) is 74.4 Å². The zero-order valence-electron chi connectivity index (χ0n) is 21.2. The summed E-state index contributed by atoms with van der Waals surface area (Å²) in [5.41, 5.74) is 3.09. The van der Waals surface area contributed by atoms with Gasteiger partial charge in [0.2, 0.25) is 10.0 Å². The third kappa shape index (κ3) is 6.22. The molecule has 0 aliphatic carbocycles. The predicted molar refractivity (Wildman–Crippen MR) is 145 cm³/mol. The molecule has 1 aromatic heterocycles. The third-order valence-electron chi connectivity index (χ3n) is 6.69. The van der Waals surface area contributed by atoms with Gasteiger partial charge in [0, 0.05) is 62.2 Å². The summed E-state index contributed by atoms with van der Waals surface area (Å²) in [7, 11) is -3.15. The zero-order chi connectivity index (χ0) is 26.5. The van der Waals surface area contributed by atoms with Gasteiger partial charge in [0.15, 0.2) is 5.82 Å². The first-order valence-corrected chi connectivity index (χ1v) is 14.4. The molecule has 1 N–H and O–H groups in total. The summed E-state index contributed by atoms with van der Waals surface area (Å²) in [6, 6.07) is 17.4. The second-order valence-corrected chi connectivity index (χ2v) is 11.3. The maximum atomic E-state index is 11.7. The molecule has 2 saturated heterocycles. The zero-order valence-corrected chi connectivity index (χ0v) is 22.0. The lowest BCUT2D eigenvalue weighted by Crippen LogP contribution is -2.48. The van der Waals surface area contributed by atoms with E-state index in [0.29, 0.717) is 62.3 Å². The van der Waals surface area contributed by atoms with Crippen LogP contribution in [0, 0.1) is 11.3 Å². The van der Waals surface area contributed by atoms with Crippen LogP contribution in [0.5, 0.6) is 5.75 Å². The number of nitrogens with one attached hydrogen (secondary N) is 1. The van der Waals surface area contributed by atoms with Crippen molar-refractivity contribution in [2.45, 2.75) is 18.9 Å². The molecule has 0 amide bonds. The van der Waals surface area contributed by atoms with Crippen LogP contribution in [0.2, 0.25) is 0 Å². The first-order valence-electron chi connectivity index (χ1n) is 12.6. The molecule has 2 aromatic carbocycles. The van der Waals surface area contributed by atoms with Crippen molar-refractivity contribution in [2.24, 2.45) is 0 Å². The number of benzene rings is 2. The molecule has 2 aliphatic rings. The number of hydrogen-bond acceptors (Lipinski definition) is 9. The highest BCUT2D eigenvalue weighted by Gasteiger charge is 2.23. The minimum absolute atomic E-state index is 0.0500. The van der Waals surface area contributed by atoms with Crippen LogP contribution >= 0.6 is 0 Å². The number of sulfonamides is 1. The molecule has 10 nitrogen and oxygen atoms in total. The first kappa shape index (κ1) is 25.9. The van der Waals surface area contributed by atoms with E-state index in [-0.39, 0.29) is 6.10 Å². The smallest absolute Gasteiger partial charge is 0.211 e. The fourth-order valence-corrected chi connectivity index (χ4v) is 5.41. The van der Waals surface area contributed by atoms with Gasteiger partial charge >= 0.3 is 0 Å². The molecular formula is C27H30N6O4S. The van der Waals surface area contributed by atoms with Crippen LogP contribution in [0.15, 0.2) is 54.7 Å². The molecule has 11 heteroatoms. The Kier molecular flexibility index (Phi) is 7.74. The summed E-state index contributed by atoms with van der Waals surface area (Å²) in [4.78, 5) is 11.2. The molecule has 3 heterocycles. The van der Waals surface area contributed by atoms with Gasteiger partial charge < -0.3 is 19.7 Å². The summed E-state index contributed by atoms with van der Waals surface area (Å²) in [5.74, 6) is 1.70. The van der Waals surface area contributed by atoms with E-state index in [9.17, 15) is 13.7 Å². The van der Waals surface area contributed by atoms with Crippen LogP contribution in [0.1, 0.15) is 18.4 Å². The van der Waals surface area contributed by atoms with Crippen LogP contribution in [0.25, 0.3) is 11.4 Å². The van der Waals surface area contributed by atoms with Crippen molar-refractivity contribution in [2.75, 3.05) is 55.9 Å². The molecule has 2 fully saturated rings. The van der Waals surface area contributed by atoms with E-state index < -0.39 is 10.0 Å². The highest BCUT2D eigenvalue weighted by atomic mass is 32.2. The van der Waals surface area contributed by atoms with Gasteiger partial charge in [-0.2, -0.15) is 9.57 Å². The molecule has 0 spiro atoms. The molecule has 198 valence electrons. The second-order valence-electron chi connectivity index (χ2n) is 9.34. The Morgan fingerprint density at radius 3 is 2.47 bits per heavy atom. The molecule has 0 atom stereocenters. The molecule has 2 aliphatic heterocycles. The summed E-state index contributed by atoms with van der Waals surface area (Å²) in [6.07, 6.45) is 4.60. The average molecular weight is 535 g/mol. The van der Waals surface area contributed by atoms with Gasteiger partial charge in [-0.3, -0.25) is 0 Å². The largest absolute Gasteiger partial charge is 0.489 e. The van der Waals surface area contributed by atoms with E-state index in [0.717, 1.165) is 29.8 Å². The lowest BCUT2D eigenvalue weighted by atomic mass is 10.1. The van der Waals surface area contributed by atoms with Gasteiger partial charge in [-0.25, -0.2) is 18.4 Å². The van der Waals surface area contributed by atoms with E-state index in [4.69, 9.17) is 9.47 Å². The number of hydrogen-bond donors (Lipinski definition) is 1. The molecule has 0 saturated carbocycles. The van der Waals surface area contributed by atoms with Crippen LogP contribution in [-0.2, 0) is 14.8 Å². The fourth-order valence-electron chi connectivity index (χ4n) is 4.58. The predicted octanol–water partition coefficient (Wildman–Crippen LogP) is 3.40. The molecule has 5 rings (SSSR count). The lowest BCUT2D eigenvalue weighted by Gasteiger charge is -2.34. The van der Waals surface area contributed by atoms with Crippen molar-refractivity contribution < 1.29 is 17.9 Å². The normalized spacial score (nSPS) is 17.1. The number of rotatable bonds is 7. The average Bonchev–Trinajstić information content (AvgIpc) is 2.94. The number of anilines is 3. The molecule has 3 aromatic rings. The maximum Gasteiger partial charge on any atom is 0.211 e. The summed E-state index contributed by atoms with van der Waals surface area (Å²) >= 11 is 0. The highest BCUT2D eigenvalue weighted by molar-refractivity contribution is 7.88. The number of aromatic nitrogens is 2. The molecule has 0 bridgehead atoms. The van der Waals surface area contributed by atoms with E-state index in [2.05, 4.69) is 26.3 Å². The van der Waals surface area contributed by atoms with Crippen molar-refractivity contribution in [1.29, 1.82) is 5.26 Å². The lowest BCUT2D eigenvalue weighted by molar-refractivity contribution is 0.0254. The Morgan fingerprint density at radius 2 is 1.79 bits per heavy atom. The number of ether oxygens (including phenoxy) is 2. The molecular weight excluding hydrogens is 504 g/mol. The van der Waals surface area contributed by atoms with Gasteiger partial charge in [-0.05, 0) is 48.5 Å². The van der Waals surface area contributed by atoms with Crippen molar-refractivity contribution >= 4 is 27.2 Å². The number of nitrogens with zero attached hydrogens (tertiary/aromatic N) is 5. The SMILES string of the molecule is CS(=O)(=O)N1CCN(c2ccc(Nc3ccnc(-c4ccc(OC5CCOCC5)c(C#N)c4)n3)cc2)CC1. The molecule has 38 heavy (non-hydrogen) atoms. The first-order chi connectivity index (χ1) is 18.4. The van der Waals surface area contributed by atoms with Gasteiger partial charge in [0.25, 0.3) is 0 Å². The Balaban J connectivity index is 1.24. The monoisotopic (exact) mass is 534 g/mol. The second kappa shape index (κ2) is 11.3. The van der Waals surface area contributed by atoms with Gasteiger partial charge in [0.05, 0.1) is 25.0 Å². The van der Waals surface area contributed by atoms with Crippen molar-refractivity contribution in [1.82, 2.24) is 14.3 Å².